The molecule has 0 radical (unpaired) electrons. The second kappa shape index (κ2) is 10.1. The first-order valence-corrected chi connectivity index (χ1v) is 11.4. The molecule has 5 atom stereocenters. The van der Waals surface area contributed by atoms with Gasteiger partial charge in [0.2, 0.25) is 5.82 Å². The molecule has 2 fully saturated rings. The Hall–Kier alpha value is -2.90. The Morgan fingerprint density at radius 1 is 1.24 bits per heavy atom. The highest BCUT2D eigenvalue weighted by molar-refractivity contribution is 5.95. The van der Waals surface area contributed by atoms with E-state index in [0.717, 1.165) is 32.4 Å². The molecule has 0 aliphatic carbocycles. The number of ether oxygens (including phenoxy) is 3. The number of pyridine rings is 1. The molecular formula is C24H25F6N3O4. The van der Waals surface area contributed by atoms with Crippen LogP contribution in [-0.4, -0.2) is 55.6 Å². The van der Waals surface area contributed by atoms with Crippen molar-refractivity contribution in [1.82, 2.24) is 10.3 Å². The normalized spacial score (nSPS) is 28.2. The minimum atomic E-state index is -4.92. The molecule has 0 bridgehead atoms. The minimum Gasteiger partial charge on any atom is -0.493 e. The largest absolute Gasteiger partial charge is 0.493 e. The standard InChI is InChI=1S/C24H25F6N3O4/c1-11-18(12-4-5-13(25)19(27)20(12)35-3)21(37-23(11,2)24(28,29)30)22(34)33-15-8-16(32-9-14(15)26)17-10-31-6-7-36-17/h4-5,8-9,11,17-18,21,31H,6-7,10H2,1-3H3,(H,32,33,34)/t11-,17-,18-,21+,23+/m0/s1. The number of benzene rings is 1. The van der Waals surface area contributed by atoms with Gasteiger partial charge in [0.25, 0.3) is 5.91 Å². The van der Waals surface area contributed by atoms with E-state index < -0.39 is 64.9 Å². The lowest BCUT2D eigenvalue weighted by atomic mass is 9.77. The molecule has 37 heavy (non-hydrogen) atoms. The number of rotatable bonds is 5. The number of morpholine rings is 1. The van der Waals surface area contributed by atoms with Crippen LogP contribution in [0.25, 0.3) is 0 Å². The summed E-state index contributed by atoms with van der Waals surface area (Å²) in [5, 5.41) is 5.36. The highest BCUT2D eigenvalue weighted by Gasteiger charge is 2.66. The van der Waals surface area contributed by atoms with Gasteiger partial charge >= 0.3 is 6.18 Å². The highest BCUT2D eigenvalue weighted by atomic mass is 19.4. The molecule has 202 valence electrons. The van der Waals surface area contributed by atoms with Gasteiger partial charge in [0, 0.05) is 30.5 Å². The molecule has 0 spiro atoms. The van der Waals surface area contributed by atoms with Crippen molar-refractivity contribution >= 4 is 11.6 Å². The van der Waals surface area contributed by atoms with Crippen molar-refractivity contribution in [3.05, 3.63) is 53.1 Å². The summed E-state index contributed by atoms with van der Waals surface area (Å²) in [5.41, 5.74) is -3.08. The smallest absolute Gasteiger partial charge is 0.417 e. The predicted octanol–water partition coefficient (Wildman–Crippen LogP) is 4.25. The number of hydrogen-bond acceptors (Lipinski definition) is 6. The maximum atomic E-state index is 14.6. The molecule has 7 nitrogen and oxygen atoms in total. The molecular weight excluding hydrogens is 508 g/mol. The van der Waals surface area contributed by atoms with Crippen LogP contribution in [0.2, 0.25) is 0 Å². The van der Waals surface area contributed by atoms with E-state index in [9.17, 15) is 31.1 Å². The van der Waals surface area contributed by atoms with Crippen LogP contribution in [-0.2, 0) is 14.3 Å². The Labute approximate surface area is 208 Å². The third kappa shape index (κ3) is 4.87. The van der Waals surface area contributed by atoms with E-state index in [1.165, 1.54) is 13.0 Å². The molecule has 2 aromatic rings. The fraction of sp³-hybridized carbons (Fsp3) is 0.500. The summed E-state index contributed by atoms with van der Waals surface area (Å²) in [6.07, 6.45) is -6.45. The lowest BCUT2D eigenvalue weighted by Gasteiger charge is -2.32. The maximum Gasteiger partial charge on any atom is 0.417 e. The topological polar surface area (TPSA) is 81.7 Å². The van der Waals surface area contributed by atoms with Gasteiger partial charge in [0.05, 0.1) is 31.3 Å². The number of halogens is 6. The van der Waals surface area contributed by atoms with Crippen LogP contribution >= 0.6 is 0 Å². The minimum absolute atomic E-state index is 0.195. The van der Waals surface area contributed by atoms with E-state index in [-0.39, 0.29) is 11.3 Å². The van der Waals surface area contributed by atoms with Crippen LogP contribution in [0.3, 0.4) is 0 Å². The predicted molar refractivity (Wildman–Crippen MR) is 119 cm³/mol. The van der Waals surface area contributed by atoms with Crippen LogP contribution in [0, 0.1) is 23.4 Å². The van der Waals surface area contributed by atoms with Crippen LogP contribution in [0.5, 0.6) is 5.75 Å². The molecule has 4 rings (SSSR count). The molecule has 0 saturated carbocycles. The molecule has 2 aliphatic heterocycles. The molecule has 2 aliphatic rings. The highest BCUT2D eigenvalue weighted by Crippen LogP contribution is 2.55. The van der Waals surface area contributed by atoms with Crippen LogP contribution in [0.4, 0.5) is 32.0 Å². The summed E-state index contributed by atoms with van der Waals surface area (Å²) in [5.74, 6) is -8.27. The average Bonchev–Trinajstić information content (AvgIpc) is 3.14. The molecule has 1 amide bonds. The average molecular weight is 533 g/mol. The molecule has 2 N–H and O–H groups in total. The van der Waals surface area contributed by atoms with Gasteiger partial charge in [-0.1, -0.05) is 13.0 Å². The number of amides is 1. The number of carbonyl (C=O) groups excluding carboxylic acids is 1. The lowest BCUT2D eigenvalue weighted by Crippen LogP contribution is -2.47. The van der Waals surface area contributed by atoms with Gasteiger partial charge in [-0.05, 0) is 19.1 Å². The quantitative estimate of drug-likeness (QED) is 0.560. The fourth-order valence-electron chi connectivity index (χ4n) is 4.73. The Bertz CT molecular complexity index is 1170. The Kier molecular flexibility index (Phi) is 7.41. The summed E-state index contributed by atoms with van der Waals surface area (Å²) in [7, 11) is 1.02. The Morgan fingerprint density at radius 2 is 1.97 bits per heavy atom. The van der Waals surface area contributed by atoms with E-state index in [1.807, 2.05) is 0 Å². The third-order valence-corrected chi connectivity index (χ3v) is 6.96. The molecule has 1 aromatic heterocycles. The van der Waals surface area contributed by atoms with E-state index in [2.05, 4.69) is 15.6 Å². The van der Waals surface area contributed by atoms with Crippen LogP contribution in [0.1, 0.15) is 37.1 Å². The van der Waals surface area contributed by atoms with Gasteiger partial charge in [0.15, 0.2) is 23.0 Å². The van der Waals surface area contributed by atoms with Crippen molar-refractivity contribution in [2.45, 2.75) is 43.8 Å². The van der Waals surface area contributed by atoms with E-state index in [1.54, 1.807) is 0 Å². The monoisotopic (exact) mass is 533 g/mol. The molecule has 1 aromatic carbocycles. The number of nitrogens with one attached hydrogen (secondary N) is 2. The van der Waals surface area contributed by atoms with E-state index >= 15 is 0 Å². The van der Waals surface area contributed by atoms with Crippen molar-refractivity contribution < 1.29 is 45.3 Å². The summed E-state index contributed by atoms with van der Waals surface area (Å²) in [4.78, 5) is 17.3. The summed E-state index contributed by atoms with van der Waals surface area (Å²) >= 11 is 0. The van der Waals surface area contributed by atoms with Gasteiger partial charge in [-0.15, -0.1) is 0 Å². The first-order chi connectivity index (χ1) is 17.4. The zero-order chi connectivity index (χ0) is 27.1. The zero-order valence-corrected chi connectivity index (χ0v) is 20.1. The summed E-state index contributed by atoms with van der Waals surface area (Å²) < 4.78 is 101. The van der Waals surface area contributed by atoms with Crippen molar-refractivity contribution in [2.24, 2.45) is 5.92 Å². The second-order valence-electron chi connectivity index (χ2n) is 9.08. The lowest BCUT2D eigenvalue weighted by molar-refractivity contribution is -0.272. The van der Waals surface area contributed by atoms with Gasteiger partial charge in [-0.2, -0.15) is 17.6 Å². The van der Waals surface area contributed by atoms with Crippen molar-refractivity contribution in [3.63, 3.8) is 0 Å². The number of nitrogens with zero attached hydrogens (tertiary/aromatic N) is 1. The first-order valence-electron chi connectivity index (χ1n) is 11.4. The van der Waals surface area contributed by atoms with Crippen LogP contribution in [0.15, 0.2) is 24.4 Å². The van der Waals surface area contributed by atoms with Gasteiger partial charge in [0.1, 0.15) is 12.2 Å². The summed E-state index contributed by atoms with van der Waals surface area (Å²) in [6.45, 7) is 3.34. The second-order valence-corrected chi connectivity index (χ2v) is 9.08. The van der Waals surface area contributed by atoms with Crippen LogP contribution < -0.4 is 15.4 Å². The van der Waals surface area contributed by atoms with Gasteiger partial charge in [-0.25, -0.2) is 8.78 Å². The molecule has 0 unspecified atom stereocenters. The first kappa shape index (κ1) is 27.1. The third-order valence-electron chi connectivity index (χ3n) is 6.96. The maximum absolute atomic E-state index is 14.6. The number of hydrogen-bond donors (Lipinski definition) is 2. The van der Waals surface area contributed by atoms with Crippen molar-refractivity contribution in [3.8, 4) is 5.75 Å². The molecule has 2 saturated heterocycles. The number of carbonyl (C=O) groups is 1. The van der Waals surface area contributed by atoms with E-state index in [4.69, 9.17) is 14.2 Å². The molecule has 13 heteroatoms. The number of aromatic nitrogens is 1. The van der Waals surface area contributed by atoms with Crippen molar-refractivity contribution in [1.29, 1.82) is 0 Å². The molecule has 3 heterocycles. The number of methoxy groups -OCH3 is 1. The Balaban J connectivity index is 1.72. The SMILES string of the molecule is COc1c([C@H]2[C@H](C(=O)Nc3cc([C@@H]4CNCCO4)ncc3F)O[C@@](C)(C(F)(F)F)[C@H]2C)ccc(F)c1F. The van der Waals surface area contributed by atoms with Gasteiger partial charge < -0.3 is 24.8 Å². The zero-order valence-electron chi connectivity index (χ0n) is 20.1. The number of anilines is 1. The summed E-state index contributed by atoms with van der Waals surface area (Å²) in [6, 6.07) is 2.99. The van der Waals surface area contributed by atoms with E-state index in [0.29, 0.717) is 25.4 Å². The van der Waals surface area contributed by atoms with Crippen molar-refractivity contribution in [2.75, 3.05) is 32.1 Å². The fourth-order valence-corrected chi connectivity index (χ4v) is 4.73. The van der Waals surface area contributed by atoms with Gasteiger partial charge in [-0.3, -0.25) is 9.78 Å². The number of alkyl halides is 3. The Morgan fingerprint density at radius 3 is 2.59 bits per heavy atom.